The van der Waals surface area contributed by atoms with Crippen molar-refractivity contribution in [3.05, 3.63) is 33.9 Å². The summed E-state index contributed by atoms with van der Waals surface area (Å²) in [6, 6.07) is 4.83. The minimum absolute atomic E-state index is 0.0371. The Morgan fingerprint density at radius 2 is 2.24 bits per heavy atom. The standard InChI is InChI=1S/C11H13NO4S/c1-3-16-11(13)6-8-4-5-9(17-2)7-10(8)12(14)15/h4-5,7H,3,6H2,1-2H3. The summed E-state index contributed by atoms with van der Waals surface area (Å²) in [5, 5.41) is 10.9. The Balaban J connectivity index is 2.98. The minimum Gasteiger partial charge on any atom is -0.466 e. The van der Waals surface area contributed by atoms with Crippen LogP contribution in [0.1, 0.15) is 12.5 Å². The van der Waals surface area contributed by atoms with Crippen molar-refractivity contribution >= 4 is 23.4 Å². The van der Waals surface area contributed by atoms with Gasteiger partial charge < -0.3 is 4.74 Å². The fraction of sp³-hybridized carbons (Fsp3) is 0.364. The average Bonchev–Trinajstić information content (AvgIpc) is 2.29. The van der Waals surface area contributed by atoms with Gasteiger partial charge in [-0.3, -0.25) is 14.9 Å². The monoisotopic (exact) mass is 255 g/mol. The molecule has 0 bridgehead atoms. The van der Waals surface area contributed by atoms with Gasteiger partial charge in [0, 0.05) is 16.5 Å². The molecule has 1 rings (SSSR count). The molecule has 6 heteroatoms. The molecule has 0 aliphatic heterocycles. The van der Waals surface area contributed by atoms with Gasteiger partial charge in [-0.25, -0.2) is 0 Å². The molecule has 0 N–H and O–H groups in total. The molecule has 0 radical (unpaired) electrons. The number of nitrogens with zero attached hydrogens (tertiary/aromatic N) is 1. The number of thioether (sulfide) groups is 1. The Morgan fingerprint density at radius 3 is 2.76 bits per heavy atom. The molecule has 0 aromatic heterocycles. The van der Waals surface area contributed by atoms with Crippen LogP contribution in [0.4, 0.5) is 5.69 Å². The van der Waals surface area contributed by atoms with Gasteiger partial charge in [0.25, 0.3) is 5.69 Å². The lowest BCUT2D eigenvalue weighted by Gasteiger charge is -2.04. The van der Waals surface area contributed by atoms with Crippen molar-refractivity contribution in [2.75, 3.05) is 12.9 Å². The van der Waals surface area contributed by atoms with Crippen molar-refractivity contribution in [2.45, 2.75) is 18.2 Å². The highest BCUT2D eigenvalue weighted by Gasteiger charge is 2.17. The number of ether oxygens (including phenoxy) is 1. The number of carbonyl (C=O) groups is 1. The second-order valence-electron chi connectivity index (χ2n) is 3.23. The number of nitro benzene ring substituents is 1. The van der Waals surface area contributed by atoms with Gasteiger partial charge in [-0.2, -0.15) is 0 Å². The Bertz CT molecular complexity index is 433. The molecule has 0 aliphatic carbocycles. The highest BCUT2D eigenvalue weighted by atomic mass is 32.2. The van der Waals surface area contributed by atoms with Crippen molar-refractivity contribution in [3.8, 4) is 0 Å². The Kier molecular flexibility index (Phi) is 4.96. The number of benzene rings is 1. The maximum Gasteiger partial charge on any atom is 0.310 e. The van der Waals surface area contributed by atoms with Gasteiger partial charge in [0.2, 0.25) is 0 Å². The minimum atomic E-state index is -0.478. The van der Waals surface area contributed by atoms with E-state index < -0.39 is 10.9 Å². The fourth-order valence-corrected chi connectivity index (χ4v) is 1.79. The lowest BCUT2D eigenvalue weighted by molar-refractivity contribution is -0.385. The van der Waals surface area contributed by atoms with Gasteiger partial charge in [0.15, 0.2) is 0 Å². The van der Waals surface area contributed by atoms with Crippen LogP contribution in [-0.2, 0) is 16.0 Å². The summed E-state index contributed by atoms with van der Waals surface area (Å²) < 4.78 is 4.77. The van der Waals surface area contributed by atoms with E-state index in [1.807, 2.05) is 6.26 Å². The summed E-state index contributed by atoms with van der Waals surface area (Å²) in [5.74, 6) is -0.451. The third-order valence-electron chi connectivity index (χ3n) is 2.13. The van der Waals surface area contributed by atoms with Crippen molar-refractivity contribution < 1.29 is 14.5 Å². The maximum absolute atomic E-state index is 11.3. The van der Waals surface area contributed by atoms with Crippen LogP contribution in [0.25, 0.3) is 0 Å². The van der Waals surface area contributed by atoms with E-state index in [1.54, 1.807) is 19.1 Å². The van der Waals surface area contributed by atoms with Crippen LogP contribution in [-0.4, -0.2) is 23.8 Å². The van der Waals surface area contributed by atoms with E-state index in [0.29, 0.717) is 5.56 Å². The van der Waals surface area contributed by atoms with E-state index in [2.05, 4.69) is 0 Å². The third kappa shape index (κ3) is 3.74. The van der Waals surface area contributed by atoms with Crippen LogP contribution in [0.2, 0.25) is 0 Å². The zero-order chi connectivity index (χ0) is 12.8. The molecule has 0 saturated heterocycles. The van der Waals surface area contributed by atoms with Gasteiger partial charge >= 0.3 is 5.97 Å². The molecule has 5 nitrogen and oxygen atoms in total. The van der Waals surface area contributed by atoms with E-state index >= 15 is 0 Å². The van der Waals surface area contributed by atoms with E-state index in [9.17, 15) is 14.9 Å². The molecule has 1 aromatic rings. The largest absolute Gasteiger partial charge is 0.466 e. The van der Waals surface area contributed by atoms with Crippen molar-refractivity contribution in [3.63, 3.8) is 0 Å². The number of hydrogen-bond donors (Lipinski definition) is 0. The molecule has 0 spiro atoms. The number of rotatable bonds is 5. The number of hydrogen-bond acceptors (Lipinski definition) is 5. The average molecular weight is 255 g/mol. The van der Waals surface area contributed by atoms with Gasteiger partial charge in [-0.1, -0.05) is 6.07 Å². The number of carbonyl (C=O) groups excluding carboxylic acids is 1. The summed E-state index contributed by atoms with van der Waals surface area (Å²) in [6.45, 7) is 1.97. The zero-order valence-electron chi connectivity index (χ0n) is 9.63. The molecule has 1 aromatic carbocycles. The van der Waals surface area contributed by atoms with Gasteiger partial charge in [0.1, 0.15) is 0 Å². The zero-order valence-corrected chi connectivity index (χ0v) is 10.5. The SMILES string of the molecule is CCOC(=O)Cc1ccc(SC)cc1[N+](=O)[O-]. The molecule has 0 atom stereocenters. The molecule has 17 heavy (non-hydrogen) atoms. The fourth-order valence-electron chi connectivity index (χ4n) is 1.36. The van der Waals surface area contributed by atoms with Crippen LogP contribution < -0.4 is 0 Å². The molecule has 0 amide bonds. The molecule has 0 saturated carbocycles. The van der Waals surface area contributed by atoms with E-state index in [0.717, 1.165) is 4.90 Å². The van der Waals surface area contributed by atoms with Crippen LogP contribution in [0, 0.1) is 10.1 Å². The van der Waals surface area contributed by atoms with Crippen molar-refractivity contribution in [1.29, 1.82) is 0 Å². The molecule has 0 fully saturated rings. The highest BCUT2D eigenvalue weighted by Crippen LogP contribution is 2.25. The van der Waals surface area contributed by atoms with Crippen molar-refractivity contribution in [2.24, 2.45) is 0 Å². The number of nitro groups is 1. The van der Waals surface area contributed by atoms with Crippen LogP contribution >= 0.6 is 11.8 Å². The first-order valence-electron chi connectivity index (χ1n) is 5.05. The number of esters is 1. The summed E-state index contributed by atoms with van der Waals surface area (Å²) >= 11 is 1.42. The first-order valence-corrected chi connectivity index (χ1v) is 6.28. The molecule has 0 unspecified atom stereocenters. The molecule has 0 aliphatic rings. The normalized spacial score (nSPS) is 10.0. The Morgan fingerprint density at radius 1 is 1.53 bits per heavy atom. The summed E-state index contributed by atoms with van der Waals surface area (Å²) in [6.07, 6.45) is 1.77. The third-order valence-corrected chi connectivity index (χ3v) is 2.85. The first-order chi connectivity index (χ1) is 8.08. The lowest BCUT2D eigenvalue weighted by atomic mass is 10.1. The highest BCUT2D eigenvalue weighted by molar-refractivity contribution is 7.98. The second kappa shape index (κ2) is 6.24. The molecule has 0 heterocycles. The first kappa shape index (κ1) is 13.5. The van der Waals surface area contributed by atoms with Crippen LogP contribution in [0.5, 0.6) is 0 Å². The molecular formula is C11H13NO4S. The Hall–Kier alpha value is -1.56. The van der Waals surface area contributed by atoms with Crippen LogP contribution in [0.15, 0.2) is 23.1 Å². The summed E-state index contributed by atoms with van der Waals surface area (Å²) in [4.78, 5) is 22.5. The maximum atomic E-state index is 11.3. The van der Waals surface area contributed by atoms with Gasteiger partial charge in [-0.15, -0.1) is 11.8 Å². The van der Waals surface area contributed by atoms with E-state index in [-0.39, 0.29) is 18.7 Å². The predicted octanol–water partition coefficient (Wildman–Crippen LogP) is 2.42. The summed E-state index contributed by atoms with van der Waals surface area (Å²) in [5.41, 5.74) is 0.344. The summed E-state index contributed by atoms with van der Waals surface area (Å²) in [7, 11) is 0. The smallest absolute Gasteiger partial charge is 0.310 e. The predicted molar refractivity (Wildman–Crippen MR) is 65.2 cm³/mol. The van der Waals surface area contributed by atoms with E-state index in [4.69, 9.17) is 4.74 Å². The van der Waals surface area contributed by atoms with Crippen molar-refractivity contribution in [1.82, 2.24) is 0 Å². The molecular weight excluding hydrogens is 242 g/mol. The quantitative estimate of drug-likeness (QED) is 0.350. The topological polar surface area (TPSA) is 69.4 Å². The molecule has 92 valence electrons. The second-order valence-corrected chi connectivity index (χ2v) is 4.11. The van der Waals surface area contributed by atoms with Gasteiger partial charge in [-0.05, 0) is 19.2 Å². The van der Waals surface area contributed by atoms with E-state index in [1.165, 1.54) is 17.8 Å². The van der Waals surface area contributed by atoms with Gasteiger partial charge in [0.05, 0.1) is 18.0 Å². The lowest BCUT2D eigenvalue weighted by Crippen LogP contribution is -2.09. The Labute approximate surface area is 103 Å². The van der Waals surface area contributed by atoms with Crippen LogP contribution in [0.3, 0.4) is 0 Å².